The van der Waals surface area contributed by atoms with Crippen LogP contribution in [0, 0.1) is 5.92 Å². The number of piperazine rings is 1. The maximum atomic E-state index is 13.3. The topological polar surface area (TPSA) is 52.8 Å². The van der Waals surface area contributed by atoms with Gasteiger partial charge in [0, 0.05) is 39.3 Å². The Balaban J connectivity index is 0.00000169. The van der Waals surface area contributed by atoms with Crippen molar-refractivity contribution in [3.05, 3.63) is 35.9 Å². The van der Waals surface area contributed by atoms with Crippen LogP contribution < -0.4 is 5.73 Å². The van der Waals surface area contributed by atoms with Gasteiger partial charge in [0.25, 0.3) is 0 Å². The number of hydrogen-bond donors (Lipinski definition) is 1. The van der Waals surface area contributed by atoms with Crippen LogP contribution >= 0.6 is 24.8 Å². The first-order valence-electron chi connectivity index (χ1n) is 9.15. The van der Waals surface area contributed by atoms with Gasteiger partial charge in [0.2, 0.25) is 5.91 Å². The van der Waals surface area contributed by atoms with E-state index in [1.54, 1.807) is 0 Å². The Morgan fingerprint density at radius 1 is 1.04 bits per heavy atom. The fourth-order valence-corrected chi connectivity index (χ4v) is 3.79. The monoisotopic (exact) mass is 402 g/mol. The maximum Gasteiger partial charge on any atom is 0.244 e. The summed E-state index contributed by atoms with van der Waals surface area (Å²) in [6, 6.07) is 10.1. The average molecular weight is 403 g/mol. The summed E-state index contributed by atoms with van der Waals surface area (Å²) >= 11 is 0. The van der Waals surface area contributed by atoms with Crippen LogP contribution in [0.3, 0.4) is 0 Å². The second-order valence-corrected chi connectivity index (χ2v) is 7.16. The standard InChI is InChI=1S/C19H30N4O.2ClH/c1-21-11-13-22(14-12-21)18(17-5-3-2-4-6-17)19(24)23-9-7-16(15-20)8-10-23;;/h2-6,16,18H,7-15,20H2,1H3;2*1H. The second kappa shape index (κ2) is 11.1. The van der Waals surface area contributed by atoms with Crippen LogP contribution in [0.1, 0.15) is 24.4 Å². The first kappa shape index (κ1) is 23.2. The number of carbonyl (C=O) groups is 1. The van der Waals surface area contributed by atoms with Gasteiger partial charge in [-0.15, -0.1) is 24.8 Å². The normalized spacial score (nSPS) is 20.8. The Bertz CT molecular complexity index is 530. The Morgan fingerprint density at radius 2 is 1.62 bits per heavy atom. The lowest BCUT2D eigenvalue weighted by Crippen LogP contribution is -2.52. The first-order chi connectivity index (χ1) is 11.7. The van der Waals surface area contributed by atoms with E-state index in [4.69, 9.17) is 5.73 Å². The minimum atomic E-state index is -0.144. The number of nitrogens with two attached hydrogens (primary N) is 1. The van der Waals surface area contributed by atoms with E-state index >= 15 is 0 Å². The summed E-state index contributed by atoms with van der Waals surface area (Å²) in [6.45, 7) is 6.36. The van der Waals surface area contributed by atoms with Crippen molar-refractivity contribution >= 4 is 30.7 Å². The lowest BCUT2D eigenvalue weighted by Gasteiger charge is -2.41. The van der Waals surface area contributed by atoms with Crippen LogP contribution in [0.5, 0.6) is 0 Å². The van der Waals surface area contributed by atoms with Gasteiger partial charge in [-0.2, -0.15) is 0 Å². The van der Waals surface area contributed by atoms with Crippen molar-refractivity contribution < 1.29 is 4.79 Å². The summed E-state index contributed by atoms with van der Waals surface area (Å²) in [5.41, 5.74) is 6.91. The summed E-state index contributed by atoms with van der Waals surface area (Å²) in [7, 11) is 2.15. The quantitative estimate of drug-likeness (QED) is 0.836. The van der Waals surface area contributed by atoms with Crippen LogP contribution in [0.25, 0.3) is 0 Å². The molecule has 1 atom stereocenters. The molecule has 1 aromatic carbocycles. The Morgan fingerprint density at radius 3 is 2.15 bits per heavy atom. The van der Waals surface area contributed by atoms with E-state index in [2.05, 4.69) is 33.9 Å². The molecule has 2 aliphatic rings. The van der Waals surface area contributed by atoms with E-state index in [-0.39, 0.29) is 36.8 Å². The number of nitrogens with zero attached hydrogens (tertiary/aromatic N) is 3. The van der Waals surface area contributed by atoms with Gasteiger partial charge in [-0.3, -0.25) is 9.69 Å². The van der Waals surface area contributed by atoms with Gasteiger partial charge >= 0.3 is 0 Å². The average Bonchev–Trinajstić information content (AvgIpc) is 2.64. The van der Waals surface area contributed by atoms with Crippen molar-refractivity contribution in [3.8, 4) is 0 Å². The summed E-state index contributed by atoms with van der Waals surface area (Å²) in [5, 5.41) is 0. The third-order valence-electron chi connectivity index (χ3n) is 5.51. The fraction of sp³-hybridized carbons (Fsp3) is 0.632. The zero-order valence-corrected chi connectivity index (χ0v) is 17.2. The van der Waals surface area contributed by atoms with E-state index in [1.807, 2.05) is 18.2 Å². The molecule has 2 aliphatic heterocycles. The molecule has 2 N–H and O–H groups in total. The molecular weight excluding hydrogens is 371 g/mol. The minimum Gasteiger partial charge on any atom is -0.341 e. The third kappa shape index (κ3) is 5.57. The summed E-state index contributed by atoms with van der Waals surface area (Å²) in [4.78, 5) is 20.1. The molecule has 7 heteroatoms. The molecule has 0 saturated carbocycles. The van der Waals surface area contributed by atoms with E-state index < -0.39 is 0 Å². The Kier molecular flexibility index (Phi) is 9.90. The van der Waals surface area contributed by atoms with Crippen molar-refractivity contribution in [1.29, 1.82) is 0 Å². The summed E-state index contributed by atoms with van der Waals surface area (Å²) in [5.74, 6) is 0.842. The Hall–Kier alpha value is -0.850. The molecule has 2 fully saturated rings. The van der Waals surface area contributed by atoms with Crippen LogP contribution in [-0.4, -0.2) is 73.5 Å². The molecule has 26 heavy (non-hydrogen) atoms. The number of piperidine rings is 1. The highest BCUT2D eigenvalue weighted by molar-refractivity contribution is 5.85. The first-order valence-corrected chi connectivity index (χ1v) is 9.15. The number of carbonyl (C=O) groups excluding carboxylic acids is 1. The third-order valence-corrected chi connectivity index (χ3v) is 5.51. The van der Waals surface area contributed by atoms with Gasteiger partial charge in [-0.05, 0) is 37.9 Å². The highest BCUT2D eigenvalue weighted by atomic mass is 35.5. The van der Waals surface area contributed by atoms with Crippen LogP contribution in [0.15, 0.2) is 30.3 Å². The Labute approximate surface area is 169 Å². The van der Waals surface area contributed by atoms with Crippen LogP contribution in [0.4, 0.5) is 0 Å². The predicted molar refractivity (Wildman–Crippen MR) is 111 cm³/mol. The zero-order valence-electron chi connectivity index (χ0n) is 15.5. The van der Waals surface area contributed by atoms with Gasteiger partial charge < -0.3 is 15.5 Å². The van der Waals surface area contributed by atoms with Gasteiger partial charge in [-0.1, -0.05) is 30.3 Å². The predicted octanol–water partition coefficient (Wildman–Crippen LogP) is 2.02. The van der Waals surface area contributed by atoms with E-state index in [9.17, 15) is 4.79 Å². The number of likely N-dealkylation sites (tertiary alicyclic amines) is 1. The molecule has 5 nitrogen and oxygen atoms in total. The van der Waals surface area contributed by atoms with Crippen LogP contribution in [0.2, 0.25) is 0 Å². The van der Waals surface area contributed by atoms with Crippen molar-refractivity contribution in [1.82, 2.24) is 14.7 Å². The molecule has 0 aromatic heterocycles. The van der Waals surface area contributed by atoms with Crippen molar-refractivity contribution in [2.45, 2.75) is 18.9 Å². The smallest absolute Gasteiger partial charge is 0.244 e. The SMILES string of the molecule is CN1CCN(C(C(=O)N2CCC(CN)CC2)c2ccccc2)CC1.Cl.Cl. The number of benzene rings is 1. The maximum absolute atomic E-state index is 13.3. The molecule has 2 saturated heterocycles. The summed E-state index contributed by atoms with van der Waals surface area (Å²) in [6.07, 6.45) is 2.07. The minimum absolute atomic E-state index is 0. The number of amides is 1. The van der Waals surface area contributed by atoms with E-state index in [0.29, 0.717) is 5.92 Å². The lowest BCUT2D eigenvalue weighted by molar-refractivity contribution is -0.139. The molecule has 0 spiro atoms. The molecule has 148 valence electrons. The molecule has 0 aliphatic carbocycles. The molecule has 1 amide bonds. The fourth-order valence-electron chi connectivity index (χ4n) is 3.79. The zero-order chi connectivity index (χ0) is 16.9. The summed E-state index contributed by atoms with van der Waals surface area (Å²) < 4.78 is 0. The molecule has 0 bridgehead atoms. The van der Waals surface area contributed by atoms with Crippen molar-refractivity contribution in [2.24, 2.45) is 11.7 Å². The van der Waals surface area contributed by atoms with Gasteiger partial charge in [0.05, 0.1) is 0 Å². The highest BCUT2D eigenvalue weighted by Gasteiger charge is 2.34. The molecule has 2 heterocycles. The van der Waals surface area contributed by atoms with E-state index in [0.717, 1.165) is 64.2 Å². The number of hydrogen-bond acceptors (Lipinski definition) is 4. The molecule has 1 aromatic rings. The number of halogens is 2. The van der Waals surface area contributed by atoms with Gasteiger partial charge in [-0.25, -0.2) is 0 Å². The molecule has 0 radical (unpaired) electrons. The molecule has 1 unspecified atom stereocenters. The molecule has 3 rings (SSSR count). The number of rotatable bonds is 4. The lowest BCUT2D eigenvalue weighted by atomic mass is 9.95. The largest absolute Gasteiger partial charge is 0.341 e. The van der Waals surface area contributed by atoms with Gasteiger partial charge in [0.15, 0.2) is 0 Å². The molecular formula is C19H32Cl2N4O. The van der Waals surface area contributed by atoms with Crippen molar-refractivity contribution in [2.75, 3.05) is 52.9 Å². The number of likely N-dealkylation sites (N-methyl/N-ethyl adjacent to an activating group) is 1. The van der Waals surface area contributed by atoms with Crippen LogP contribution in [-0.2, 0) is 4.79 Å². The van der Waals surface area contributed by atoms with Gasteiger partial charge in [0.1, 0.15) is 6.04 Å². The van der Waals surface area contributed by atoms with Crippen molar-refractivity contribution in [3.63, 3.8) is 0 Å². The second-order valence-electron chi connectivity index (χ2n) is 7.16. The highest BCUT2D eigenvalue weighted by Crippen LogP contribution is 2.27. The van der Waals surface area contributed by atoms with E-state index in [1.165, 1.54) is 0 Å².